The van der Waals surface area contributed by atoms with Crippen LogP contribution in [0.5, 0.6) is 5.75 Å². The number of urea groups is 1. The summed E-state index contributed by atoms with van der Waals surface area (Å²) in [5.74, 6) is 0.336. The summed E-state index contributed by atoms with van der Waals surface area (Å²) in [6, 6.07) is 4.57. The fraction of sp³-hybridized carbons (Fsp3) is 0.562. The number of ether oxygens (including phenoxy) is 1. The molecule has 0 radical (unpaired) electrons. The maximum absolute atomic E-state index is 12.0. The van der Waals surface area contributed by atoms with E-state index >= 15 is 0 Å². The van der Waals surface area contributed by atoms with Crippen molar-refractivity contribution in [2.75, 3.05) is 24.7 Å². The topological polar surface area (TPSA) is 111 Å². The number of carbonyl (C=O) groups is 1. The summed E-state index contributed by atoms with van der Waals surface area (Å²) in [5.41, 5.74) is 6.16. The van der Waals surface area contributed by atoms with E-state index in [0.717, 1.165) is 0 Å². The van der Waals surface area contributed by atoms with Gasteiger partial charge in [0.15, 0.2) is 9.84 Å². The van der Waals surface area contributed by atoms with Gasteiger partial charge >= 0.3 is 6.03 Å². The second kappa shape index (κ2) is 8.34. The van der Waals surface area contributed by atoms with Crippen LogP contribution in [0.2, 0.25) is 0 Å². The summed E-state index contributed by atoms with van der Waals surface area (Å²) >= 11 is 0. The number of carbonyl (C=O) groups excluding carboxylic acids is 1. The minimum Gasteiger partial charge on any atom is -0.491 e. The summed E-state index contributed by atoms with van der Waals surface area (Å²) in [6.45, 7) is 6.49. The molecule has 1 aromatic carbocycles. The van der Waals surface area contributed by atoms with Gasteiger partial charge in [-0.1, -0.05) is 6.07 Å². The van der Waals surface area contributed by atoms with E-state index in [0.29, 0.717) is 36.6 Å². The molecule has 1 rings (SSSR count). The van der Waals surface area contributed by atoms with Gasteiger partial charge in [-0.2, -0.15) is 0 Å². The van der Waals surface area contributed by atoms with Crippen molar-refractivity contribution in [2.24, 2.45) is 5.73 Å². The van der Waals surface area contributed by atoms with Crippen LogP contribution in [-0.4, -0.2) is 39.4 Å². The third kappa shape index (κ3) is 8.16. The molecule has 0 aromatic heterocycles. The van der Waals surface area contributed by atoms with Crippen molar-refractivity contribution in [3.05, 3.63) is 23.8 Å². The van der Waals surface area contributed by atoms with Gasteiger partial charge in [-0.15, -0.1) is 0 Å². The average Bonchev–Trinajstić information content (AvgIpc) is 2.38. The first-order valence-electron chi connectivity index (χ1n) is 7.73. The molecule has 4 N–H and O–H groups in total. The molecular weight excluding hydrogens is 330 g/mol. The molecule has 8 heteroatoms. The molecule has 0 aliphatic rings. The van der Waals surface area contributed by atoms with E-state index in [9.17, 15) is 13.2 Å². The van der Waals surface area contributed by atoms with Gasteiger partial charge < -0.3 is 21.1 Å². The molecule has 0 unspecified atom stereocenters. The van der Waals surface area contributed by atoms with E-state index in [4.69, 9.17) is 10.5 Å². The minimum atomic E-state index is -3.15. The summed E-state index contributed by atoms with van der Waals surface area (Å²) in [5, 5.41) is 5.52. The molecule has 0 bridgehead atoms. The van der Waals surface area contributed by atoms with Crippen molar-refractivity contribution in [1.29, 1.82) is 0 Å². The van der Waals surface area contributed by atoms with Gasteiger partial charge in [0.1, 0.15) is 5.75 Å². The van der Waals surface area contributed by atoms with E-state index in [-0.39, 0.29) is 17.3 Å². The van der Waals surface area contributed by atoms with Crippen LogP contribution in [-0.2, 0) is 15.6 Å². The lowest BCUT2D eigenvalue weighted by atomic mass is 10.1. The number of amides is 2. The SMILES string of the molecule is CC(C)(C)NC(=O)Nc1ccc(CS(C)(=O)=O)cc1OCCCN. The van der Waals surface area contributed by atoms with Gasteiger partial charge in [0.05, 0.1) is 18.0 Å². The summed E-state index contributed by atoms with van der Waals surface area (Å²) in [6.07, 6.45) is 1.83. The van der Waals surface area contributed by atoms with Crippen molar-refractivity contribution < 1.29 is 17.9 Å². The Morgan fingerprint density at radius 1 is 1.29 bits per heavy atom. The first-order chi connectivity index (χ1) is 11.0. The highest BCUT2D eigenvalue weighted by Gasteiger charge is 2.16. The van der Waals surface area contributed by atoms with Crippen LogP contribution in [0.25, 0.3) is 0 Å². The van der Waals surface area contributed by atoms with E-state index in [1.165, 1.54) is 6.26 Å². The number of nitrogens with one attached hydrogen (secondary N) is 2. The van der Waals surface area contributed by atoms with E-state index in [1.54, 1.807) is 18.2 Å². The smallest absolute Gasteiger partial charge is 0.319 e. The van der Waals surface area contributed by atoms with Crippen molar-refractivity contribution in [2.45, 2.75) is 38.5 Å². The average molecular weight is 357 g/mol. The number of hydrogen-bond acceptors (Lipinski definition) is 5. The molecule has 136 valence electrons. The van der Waals surface area contributed by atoms with Gasteiger partial charge in [-0.05, 0) is 51.4 Å². The van der Waals surface area contributed by atoms with Gasteiger partial charge in [0, 0.05) is 11.8 Å². The number of benzene rings is 1. The highest BCUT2D eigenvalue weighted by atomic mass is 32.2. The molecule has 0 atom stereocenters. The lowest BCUT2D eigenvalue weighted by molar-refractivity contribution is 0.243. The van der Waals surface area contributed by atoms with E-state index < -0.39 is 9.84 Å². The largest absolute Gasteiger partial charge is 0.491 e. The molecule has 7 nitrogen and oxygen atoms in total. The van der Waals surface area contributed by atoms with E-state index in [1.807, 2.05) is 20.8 Å². The monoisotopic (exact) mass is 357 g/mol. The quantitative estimate of drug-likeness (QED) is 0.645. The summed E-state index contributed by atoms with van der Waals surface area (Å²) < 4.78 is 28.6. The molecular formula is C16H27N3O4S. The van der Waals surface area contributed by atoms with Crippen molar-refractivity contribution in [3.63, 3.8) is 0 Å². The number of rotatable bonds is 7. The first kappa shape index (κ1) is 20.2. The van der Waals surface area contributed by atoms with Gasteiger partial charge in [0.2, 0.25) is 0 Å². The molecule has 0 fully saturated rings. The van der Waals surface area contributed by atoms with Crippen LogP contribution in [0.1, 0.15) is 32.8 Å². The molecule has 0 heterocycles. The Balaban J connectivity index is 2.97. The highest BCUT2D eigenvalue weighted by molar-refractivity contribution is 7.89. The Bertz CT molecular complexity index is 666. The van der Waals surface area contributed by atoms with Crippen LogP contribution in [0.3, 0.4) is 0 Å². The highest BCUT2D eigenvalue weighted by Crippen LogP contribution is 2.27. The molecule has 1 aromatic rings. The Morgan fingerprint density at radius 2 is 1.96 bits per heavy atom. The Kier molecular flexibility index (Phi) is 7.04. The third-order valence-corrected chi connectivity index (χ3v) is 3.68. The third-order valence-electron chi connectivity index (χ3n) is 2.82. The molecule has 0 spiro atoms. The lowest BCUT2D eigenvalue weighted by Crippen LogP contribution is -2.43. The van der Waals surface area contributed by atoms with E-state index in [2.05, 4.69) is 10.6 Å². The van der Waals surface area contributed by atoms with Crippen LogP contribution >= 0.6 is 0 Å². The number of anilines is 1. The predicted molar refractivity (Wildman–Crippen MR) is 96.1 cm³/mol. The molecule has 2 amide bonds. The zero-order valence-corrected chi connectivity index (χ0v) is 15.5. The maximum atomic E-state index is 12.0. The molecule has 0 aliphatic heterocycles. The Labute approximate surface area is 143 Å². The number of sulfone groups is 1. The van der Waals surface area contributed by atoms with Crippen molar-refractivity contribution in [1.82, 2.24) is 5.32 Å². The maximum Gasteiger partial charge on any atom is 0.319 e. The Hall–Kier alpha value is -1.80. The molecule has 0 aliphatic carbocycles. The second-order valence-electron chi connectivity index (χ2n) is 6.72. The lowest BCUT2D eigenvalue weighted by Gasteiger charge is -2.21. The standard InChI is InChI=1S/C16H27N3O4S/c1-16(2,3)19-15(20)18-13-7-6-12(11-24(4,21)22)10-14(13)23-9-5-8-17/h6-7,10H,5,8-9,11,17H2,1-4H3,(H2,18,19,20). The number of nitrogens with two attached hydrogens (primary N) is 1. The molecule has 0 saturated heterocycles. The zero-order chi connectivity index (χ0) is 18.4. The second-order valence-corrected chi connectivity index (χ2v) is 8.86. The fourth-order valence-electron chi connectivity index (χ4n) is 1.94. The molecule has 0 saturated carbocycles. The number of hydrogen-bond donors (Lipinski definition) is 3. The Morgan fingerprint density at radius 3 is 2.50 bits per heavy atom. The fourth-order valence-corrected chi connectivity index (χ4v) is 2.73. The zero-order valence-electron chi connectivity index (χ0n) is 14.7. The van der Waals surface area contributed by atoms with Crippen molar-refractivity contribution in [3.8, 4) is 5.75 Å². The summed E-state index contributed by atoms with van der Waals surface area (Å²) in [4.78, 5) is 12.0. The normalized spacial score (nSPS) is 11.9. The van der Waals surface area contributed by atoms with Crippen LogP contribution in [0.4, 0.5) is 10.5 Å². The minimum absolute atomic E-state index is 0.0886. The van der Waals surface area contributed by atoms with Crippen LogP contribution < -0.4 is 21.1 Å². The van der Waals surface area contributed by atoms with Crippen LogP contribution in [0.15, 0.2) is 18.2 Å². The van der Waals surface area contributed by atoms with Gasteiger partial charge in [-0.25, -0.2) is 13.2 Å². The van der Waals surface area contributed by atoms with Gasteiger partial charge in [-0.3, -0.25) is 0 Å². The first-order valence-corrected chi connectivity index (χ1v) is 9.79. The molecule has 24 heavy (non-hydrogen) atoms. The van der Waals surface area contributed by atoms with Crippen LogP contribution in [0, 0.1) is 0 Å². The predicted octanol–water partition coefficient (Wildman–Crippen LogP) is 1.88. The van der Waals surface area contributed by atoms with Crippen molar-refractivity contribution >= 4 is 21.6 Å². The van der Waals surface area contributed by atoms with Gasteiger partial charge in [0.25, 0.3) is 0 Å². The summed E-state index contributed by atoms with van der Waals surface area (Å²) in [7, 11) is -3.15.